The molecule has 1 atom stereocenters. The van der Waals surface area contributed by atoms with Gasteiger partial charge in [-0.3, -0.25) is 9.47 Å². The van der Waals surface area contributed by atoms with Crippen molar-refractivity contribution in [1.29, 1.82) is 0 Å². The highest BCUT2D eigenvalue weighted by atomic mass is 35.5. The molecule has 1 aromatic carbocycles. The molecule has 0 aliphatic carbocycles. The van der Waals surface area contributed by atoms with Gasteiger partial charge in [0.1, 0.15) is 0 Å². The van der Waals surface area contributed by atoms with Gasteiger partial charge in [-0.15, -0.1) is 0 Å². The van der Waals surface area contributed by atoms with Gasteiger partial charge in [-0.1, -0.05) is 24.9 Å². The van der Waals surface area contributed by atoms with Gasteiger partial charge < -0.3 is 4.42 Å². The molecule has 2 heterocycles. The van der Waals surface area contributed by atoms with Gasteiger partial charge in [0.05, 0.1) is 23.7 Å². The average molecular weight is 373 g/mol. The third-order valence-corrected chi connectivity index (χ3v) is 6.46. The summed E-state index contributed by atoms with van der Waals surface area (Å²) in [5.41, 5.74) is 1.12. The fourth-order valence-corrected chi connectivity index (χ4v) is 5.07. The lowest BCUT2D eigenvalue weighted by Gasteiger charge is -2.27. The van der Waals surface area contributed by atoms with Gasteiger partial charge in [-0.2, -0.15) is 0 Å². The molecule has 3 rings (SSSR count). The second-order valence-corrected chi connectivity index (χ2v) is 8.94. The first kappa shape index (κ1) is 17.5. The van der Waals surface area contributed by atoms with Crippen molar-refractivity contribution < 1.29 is 12.8 Å². The first-order valence-electron chi connectivity index (χ1n) is 8.13. The van der Waals surface area contributed by atoms with E-state index in [1.165, 1.54) is 4.57 Å². The van der Waals surface area contributed by atoms with Crippen LogP contribution in [0.25, 0.3) is 11.1 Å². The van der Waals surface area contributed by atoms with E-state index >= 15 is 0 Å². The Balaban J connectivity index is 1.91. The van der Waals surface area contributed by atoms with Crippen LogP contribution in [0.5, 0.6) is 0 Å². The quantitative estimate of drug-likeness (QED) is 0.779. The van der Waals surface area contributed by atoms with Crippen LogP contribution in [0.4, 0.5) is 0 Å². The van der Waals surface area contributed by atoms with Crippen LogP contribution in [0, 0.1) is 0 Å². The summed E-state index contributed by atoms with van der Waals surface area (Å²) in [6, 6.07) is 4.99. The van der Waals surface area contributed by atoms with Crippen molar-refractivity contribution in [1.82, 2.24) is 9.47 Å². The molecule has 0 N–H and O–H groups in total. The molecule has 1 aliphatic heterocycles. The minimum Gasteiger partial charge on any atom is -0.408 e. The molecule has 1 aromatic heterocycles. The minimum absolute atomic E-state index is 0.0578. The number of rotatable bonds is 6. The molecule has 8 heteroatoms. The van der Waals surface area contributed by atoms with Crippen molar-refractivity contribution in [3.8, 4) is 0 Å². The number of hydrogen-bond acceptors (Lipinski definition) is 5. The normalized spacial score (nSPS) is 20.2. The molecule has 0 amide bonds. The molecule has 1 saturated heterocycles. The lowest BCUT2D eigenvalue weighted by Crippen LogP contribution is -2.40. The van der Waals surface area contributed by atoms with Crippen molar-refractivity contribution >= 4 is 32.5 Å². The summed E-state index contributed by atoms with van der Waals surface area (Å²) in [5.74, 6) is -0.0792. The molecule has 0 unspecified atom stereocenters. The molecule has 0 bridgehead atoms. The Morgan fingerprint density at radius 1 is 1.42 bits per heavy atom. The summed E-state index contributed by atoms with van der Waals surface area (Å²) in [6.07, 6.45) is 2.56. The van der Waals surface area contributed by atoms with E-state index in [0.29, 0.717) is 29.2 Å². The molecule has 6 nitrogen and oxygen atoms in total. The third kappa shape index (κ3) is 3.68. The highest BCUT2D eigenvalue weighted by Crippen LogP contribution is 2.22. The van der Waals surface area contributed by atoms with Crippen LogP contribution in [0.2, 0.25) is 5.02 Å². The van der Waals surface area contributed by atoms with Crippen molar-refractivity contribution in [3.63, 3.8) is 0 Å². The van der Waals surface area contributed by atoms with Gasteiger partial charge in [-0.05, 0) is 31.0 Å². The van der Waals surface area contributed by atoms with Crippen LogP contribution >= 0.6 is 11.6 Å². The smallest absolute Gasteiger partial charge is 0.408 e. The number of nitrogens with zero attached hydrogens (tertiary/aromatic N) is 2. The fraction of sp³-hybridized carbons (Fsp3) is 0.562. The molecular weight excluding hydrogens is 352 g/mol. The number of benzene rings is 1. The Morgan fingerprint density at radius 3 is 2.88 bits per heavy atom. The van der Waals surface area contributed by atoms with Crippen LogP contribution in [-0.4, -0.2) is 42.0 Å². The number of halogens is 1. The summed E-state index contributed by atoms with van der Waals surface area (Å²) in [7, 11) is -2.98. The maximum Gasteiger partial charge on any atom is 0.421 e. The lowest BCUT2D eigenvalue weighted by atomic mass is 10.2. The van der Waals surface area contributed by atoms with E-state index in [1.54, 1.807) is 18.2 Å². The molecule has 1 fully saturated rings. The Kier molecular flexibility index (Phi) is 5.03. The molecule has 132 valence electrons. The summed E-state index contributed by atoms with van der Waals surface area (Å²) >= 11 is 6.03. The van der Waals surface area contributed by atoms with Crippen LogP contribution in [0.15, 0.2) is 27.4 Å². The molecule has 0 spiro atoms. The second kappa shape index (κ2) is 6.90. The van der Waals surface area contributed by atoms with Gasteiger partial charge >= 0.3 is 5.76 Å². The van der Waals surface area contributed by atoms with E-state index < -0.39 is 15.6 Å². The van der Waals surface area contributed by atoms with Gasteiger partial charge in [0.2, 0.25) is 0 Å². The Bertz CT molecular complexity index is 887. The topological polar surface area (TPSA) is 72.5 Å². The zero-order valence-electron chi connectivity index (χ0n) is 13.6. The van der Waals surface area contributed by atoms with Gasteiger partial charge in [0, 0.05) is 17.6 Å². The summed E-state index contributed by atoms with van der Waals surface area (Å²) < 4.78 is 30.4. The Labute approximate surface area is 145 Å². The molecule has 0 saturated carbocycles. The maximum absolute atomic E-state index is 12.2. The average Bonchev–Trinajstić information content (AvgIpc) is 3.03. The Morgan fingerprint density at radius 2 is 2.21 bits per heavy atom. The van der Waals surface area contributed by atoms with Crippen molar-refractivity contribution in [2.24, 2.45) is 0 Å². The second-order valence-electron chi connectivity index (χ2n) is 6.27. The van der Waals surface area contributed by atoms with E-state index in [1.807, 2.05) is 0 Å². The van der Waals surface area contributed by atoms with Crippen molar-refractivity contribution in [2.45, 2.75) is 38.9 Å². The van der Waals surface area contributed by atoms with Crippen LogP contribution in [-0.2, 0) is 16.5 Å². The third-order valence-electron chi connectivity index (χ3n) is 4.48. The summed E-state index contributed by atoms with van der Waals surface area (Å²) in [4.78, 5) is 14.3. The number of aromatic nitrogens is 1. The maximum atomic E-state index is 12.2. The lowest BCUT2D eigenvalue weighted by molar-refractivity contribution is 0.159. The van der Waals surface area contributed by atoms with Crippen molar-refractivity contribution in [3.05, 3.63) is 33.8 Å². The number of sulfone groups is 1. The SMILES string of the molecule is CCCCN(Cn1c(=O)oc2ccc(Cl)cc21)[C@@H]1CCS(=O)(=O)C1. The summed E-state index contributed by atoms with van der Waals surface area (Å²) in [5, 5.41) is 0.528. The molecular formula is C16H21ClN2O4S. The molecule has 24 heavy (non-hydrogen) atoms. The standard InChI is InChI=1S/C16H21ClN2O4S/c1-2-3-7-18(13-6-8-24(21,22)10-13)11-19-14-9-12(17)4-5-15(14)23-16(19)20/h4-5,9,13H,2-3,6-8,10-11H2,1H3/t13-/m1/s1. The predicted octanol–water partition coefficient (Wildman–Crippen LogP) is 2.49. The van der Waals surface area contributed by atoms with E-state index in [4.69, 9.17) is 16.0 Å². The highest BCUT2D eigenvalue weighted by Gasteiger charge is 2.32. The van der Waals surface area contributed by atoms with Crippen molar-refractivity contribution in [2.75, 3.05) is 18.1 Å². The zero-order chi connectivity index (χ0) is 17.3. The number of oxazole rings is 1. The monoisotopic (exact) mass is 372 g/mol. The minimum atomic E-state index is -2.98. The van der Waals surface area contributed by atoms with Crippen LogP contribution < -0.4 is 5.76 Å². The van der Waals surface area contributed by atoms with E-state index in [-0.39, 0.29) is 17.5 Å². The van der Waals surface area contributed by atoms with Gasteiger partial charge in [0.25, 0.3) is 0 Å². The van der Waals surface area contributed by atoms with E-state index in [2.05, 4.69) is 11.8 Å². The van der Waals surface area contributed by atoms with Gasteiger partial charge in [-0.25, -0.2) is 13.2 Å². The first-order valence-corrected chi connectivity index (χ1v) is 10.3. The number of unbranched alkanes of at least 4 members (excludes halogenated alkanes) is 1. The summed E-state index contributed by atoms with van der Waals surface area (Å²) in [6.45, 7) is 3.14. The van der Waals surface area contributed by atoms with Crippen LogP contribution in [0.1, 0.15) is 26.2 Å². The van der Waals surface area contributed by atoms with Gasteiger partial charge in [0.15, 0.2) is 15.4 Å². The largest absolute Gasteiger partial charge is 0.421 e. The zero-order valence-corrected chi connectivity index (χ0v) is 15.1. The number of fused-ring (bicyclic) bond motifs is 1. The highest BCUT2D eigenvalue weighted by molar-refractivity contribution is 7.91. The first-order chi connectivity index (χ1) is 11.4. The Hall–Kier alpha value is -1.31. The van der Waals surface area contributed by atoms with E-state index in [9.17, 15) is 13.2 Å². The molecule has 2 aromatic rings. The molecule has 0 radical (unpaired) electrons. The molecule has 1 aliphatic rings. The predicted molar refractivity (Wildman–Crippen MR) is 94.2 cm³/mol. The number of hydrogen-bond donors (Lipinski definition) is 0. The fourth-order valence-electron chi connectivity index (χ4n) is 3.14. The van der Waals surface area contributed by atoms with Crippen LogP contribution in [0.3, 0.4) is 0 Å². The van der Waals surface area contributed by atoms with E-state index in [0.717, 1.165) is 19.4 Å².